The second-order valence-electron chi connectivity index (χ2n) is 5.36. The number of nitrogens with zero attached hydrogens (tertiary/aromatic N) is 4. The van der Waals surface area contributed by atoms with Gasteiger partial charge in [-0.05, 0) is 6.07 Å². The zero-order valence-corrected chi connectivity index (χ0v) is 12.7. The van der Waals surface area contributed by atoms with E-state index in [1.54, 1.807) is 23.2 Å². The van der Waals surface area contributed by atoms with Crippen molar-refractivity contribution >= 4 is 5.91 Å². The van der Waals surface area contributed by atoms with Crippen LogP contribution in [0.2, 0.25) is 0 Å². The lowest BCUT2D eigenvalue weighted by Gasteiger charge is -2.16. The van der Waals surface area contributed by atoms with Gasteiger partial charge in [0, 0.05) is 31.3 Å². The molecule has 0 radical (unpaired) electrons. The first kappa shape index (κ1) is 14.4. The molecule has 1 atom stereocenters. The van der Waals surface area contributed by atoms with Crippen LogP contribution in [0, 0.1) is 0 Å². The van der Waals surface area contributed by atoms with Crippen molar-refractivity contribution in [2.24, 2.45) is 0 Å². The van der Waals surface area contributed by atoms with E-state index >= 15 is 0 Å². The van der Waals surface area contributed by atoms with Crippen LogP contribution >= 0.6 is 0 Å². The maximum atomic E-state index is 12.7. The van der Waals surface area contributed by atoms with Crippen molar-refractivity contribution in [3.8, 4) is 17.3 Å². The number of amides is 1. The lowest BCUT2D eigenvalue weighted by molar-refractivity contribution is 0.0766. The number of hydrogen-bond donors (Lipinski definition) is 0. The summed E-state index contributed by atoms with van der Waals surface area (Å²) in [6.45, 7) is 1.06. The number of rotatable bonds is 4. The molecule has 0 spiro atoms. The van der Waals surface area contributed by atoms with E-state index in [9.17, 15) is 4.79 Å². The van der Waals surface area contributed by atoms with Crippen LogP contribution in [0.25, 0.3) is 11.5 Å². The molecule has 1 amide bonds. The highest BCUT2D eigenvalue weighted by Crippen LogP contribution is 2.24. The largest absolute Gasteiger partial charge is 0.472 e. The smallest absolute Gasteiger partial charge is 0.276 e. The molecule has 3 aromatic heterocycles. The number of likely N-dealkylation sites (tertiary alicyclic amines) is 1. The Kier molecular flexibility index (Phi) is 3.70. The molecular weight excluding hydrogens is 312 g/mol. The van der Waals surface area contributed by atoms with E-state index in [0.717, 1.165) is 6.42 Å². The summed E-state index contributed by atoms with van der Waals surface area (Å²) in [5.74, 6) is 0.651. The minimum absolute atomic E-state index is 0.0914. The van der Waals surface area contributed by atoms with Crippen molar-refractivity contribution < 1.29 is 18.5 Å². The third-order valence-electron chi connectivity index (χ3n) is 3.80. The van der Waals surface area contributed by atoms with Crippen LogP contribution in [0.3, 0.4) is 0 Å². The Bertz CT molecular complexity index is 816. The Morgan fingerprint density at radius 3 is 3.04 bits per heavy atom. The Morgan fingerprint density at radius 1 is 1.29 bits per heavy atom. The summed E-state index contributed by atoms with van der Waals surface area (Å²) < 4.78 is 15.9. The van der Waals surface area contributed by atoms with Crippen LogP contribution in [0.4, 0.5) is 0 Å². The second kappa shape index (κ2) is 6.15. The number of hydrogen-bond acceptors (Lipinski definition) is 7. The van der Waals surface area contributed by atoms with Crippen LogP contribution < -0.4 is 4.74 Å². The highest BCUT2D eigenvalue weighted by atomic mass is 16.5. The molecule has 0 N–H and O–H groups in total. The van der Waals surface area contributed by atoms with Gasteiger partial charge in [-0.15, -0.1) is 0 Å². The van der Waals surface area contributed by atoms with Crippen LogP contribution in [0.5, 0.6) is 5.88 Å². The summed E-state index contributed by atoms with van der Waals surface area (Å²) in [6.07, 6.45) is 4.96. The molecule has 0 aromatic carbocycles. The molecule has 1 saturated heterocycles. The molecule has 0 saturated carbocycles. The summed E-state index contributed by atoms with van der Waals surface area (Å²) in [6, 6.07) is 7.10. The average molecular weight is 326 g/mol. The first-order valence-corrected chi connectivity index (χ1v) is 7.52. The number of carbonyl (C=O) groups is 1. The number of oxazole rings is 1. The summed E-state index contributed by atoms with van der Waals surface area (Å²) in [7, 11) is 0. The van der Waals surface area contributed by atoms with Gasteiger partial charge in [-0.2, -0.15) is 0 Å². The Hall–Kier alpha value is -3.16. The van der Waals surface area contributed by atoms with Gasteiger partial charge in [0.15, 0.2) is 23.5 Å². The molecule has 8 nitrogen and oxygen atoms in total. The fourth-order valence-electron chi connectivity index (χ4n) is 2.66. The first-order valence-electron chi connectivity index (χ1n) is 7.52. The van der Waals surface area contributed by atoms with Crippen molar-refractivity contribution in [3.63, 3.8) is 0 Å². The quantitative estimate of drug-likeness (QED) is 0.724. The Labute approximate surface area is 137 Å². The second-order valence-corrected chi connectivity index (χ2v) is 5.36. The molecule has 0 aliphatic carbocycles. The third kappa shape index (κ3) is 2.73. The van der Waals surface area contributed by atoms with Gasteiger partial charge in [0.05, 0.1) is 6.54 Å². The first-order chi connectivity index (χ1) is 11.8. The summed E-state index contributed by atoms with van der Waals surface area (Å²) in [4.78, 5) is 22.6. The predicted molar refractivity (Wildman–Crippen MR) is 81.2 cm³/mol. The lowest BCUT2D eigenvalue weighted by Crippen LogP contribution is -2.31. The minimum atomic E-state index is -0.214. The van der Waals surface area contributed by atoms with Gasteiger partial charge >= 0.3 is 0 Å². The van der Waals surface area contributed by atoms with Crippen LogP contribution in [0.1, 0.15) is 16.9 Å². The van der Waals surface area contributed by atoms with Crippen LogP contribution in [0.15, 0.2) is 52.1 Å². The van der Waals surface area contributed by atoms with Gasteiger partial charge in [-0.25, -0.2) is 9.97 Å². The summed E-state index contributed by atoms with van der Waals surface area (Å²) in [5.41, 5.74) is 0.665. The predicted octanol–water partition coefficient (Wildman–Crippen LogP) is 2.02. The van der Waals surface area contributed by atoms with E-state index in [4.69, 9.17) is 13.7 Å². The highest BCUT2D eigenvalue weighted by molar-refractivity contribution is 5.97. The fourth-order valence-corrected chi connectivity index (χ4v) is 2.66. The maximum Gasteiger partial charge on any atom is 0.276 e. The van der Waals surface area contributed by atoms with Gasteiger partial charge < -0.3 is 18.6 Å². The summed E-state index contributed by atoms with van der Waals surface area (Å²) in [5, 5.41) is 3.79. The van der Waals surface area contributed by atoms with Crippen molar-refractivity contribution in [2.75, 3.05) is 13.1 Å². The topological polar surface area (TPSA) is 94.5 Å². The molecule has 24 heavy (non-hydrogen) atoms. The SMILES string of the molecule is O=C(c1ncoc1-c1ccon1)N1CC[C@@H](Oc2ccccn2)C1. The monoisotopic (exact) mass is 326 g/mol. The van der Waals surface area contributed by atoms with Crippen LogP contribution in [-0.2, 0) is 0 Å². The van der Waals surface area contributed by atoms with Crippen LogP contribution in [-0.4, -0.2) is 45.1 Å². The third-order valence-corrected chi connectivity index (χ3v) is 3.80. The molecule has 3 aromatic rings. The fraction of sp³-hybridized carbons (Fsp3) is 0.250. The normalized spacial score (nSPS) is 17.2. The van der Waals surface area contributed by atoms with Crippen molar-refractivity contribution in [3.05, 3.63) is 48.8 Å². The van der Waals surface area contributed by atoms with Crippen molar-refractivity contribution in [1.82, 2.24) is 20.0 Å². The minimum Gasteiger partial charge on any atom is -0.472 e. The average Bonchev–Trinajstić information content (AvgIpc) is 3.35. The zero-order chi connectivity index (χ0) is 16.4. The van der Waals surface area contributed by atoms with Gasteiger partial charge in [-0.1, -0.05) is 11.2 Å². The molecule has 4 rings (SSSR count). The van der Waals surface area contributed by atoms with E-state index in [-0.39, 0.29) is 17.7 Å². The van der Waals surface area contributed by atoms with E-state index in [2.05, 4.69) is 15.1 Å². The van der Waals surface area contributed by atoms with E-state index in [0.29, 0.717) is 30.4 Å². The van der Waals surface area contributed by atoms with E-state index < -0.39 is 0 Å². The van der Waals surface area contributed by atoms with E-state index in [1.165, 1.54) is 12.7 Å². The number of ether oxygens (including phenoxy) is 1. The maximum absolute atomic E-state index is 12.7. The molecular formula is C16H14N4O4. The van der Waals surface area contributed by atoms with Gasteiger partial charge in [0.2, 0.25) is 5.88 Å². The number of pyridine rings is 1. The number of carbonyl (C=O) groups excluding carboxylic acids is 1. The molecule has 122 valence electrons. The molecule has 0 unspecified atom stereocenters. The van der Waals surface area contributed by atoms with Gasteiger partial charge in [0.1, 0.15) is 12.4 Å². The number of aromatic nitrogens is 3. The van der Waals surface area contributed by atoms with Gasteiger partial charge in [-0.3, -0.25) is 4.79 Å². The zero-order valence-electron chi connectivity index (χ0n) is 12.7. The molecule has 1 aliphatic rings. The molecule has 0 bridgehead atoms. The van der Waals surface area contributed by atoms with Gasteiger partial charge in [0.25, 0.3) is 5.91 Å². The Balaban J connectivity index is 1.46. The van der Waals surface area contributed by atoms with E-state index in [1.807, 2.05) is 12.1 Å². The highest BCUT2D eigenvalue weighted by Gasteiger charge is 2.32. The molecule has 8 heteroatoms. The lowest BCUT2D eigenvalue weighted by atomic mass is 10.2. The molecule has 1 fully saturated rings. The standard InChI is InChI=1S/C16H14N4O4/c21-16(14-15(22-10-18-14)12-5-8-23-19-12)20-7-4-11(9-20)24-13-3-1-2-6-17-13/h1-3,5-6,8,10-11H,4,7,9H2/t11-/m1/s1. The Morgan fingerprint density at radius 2 is 2.25 bits per heavy atom. The molecule has 1 aliphatic heterocycles. The summed E-state index contributed by atoms with van der Waals surface area (Å²) >= 11 is 0. The van der Waals surface area contributed by atoms with Crippen molar-refractivity contribution in [2.45, 2.75) is 12.5 Å². The molecule has 4 heterocycles. The van der Waals surface area contributed by atoms with Crippen molar-refractivity contribution in [1.29, 1.82) is 0 Å².